The largest absolute Gasteiger partial charge is 0.495 e. The van der Waals surface area contributed by atoms with Crippen molar-refractivity contribution < 1.29 is 14.3 Å². The number of fused-ring (bicyclic) bond motifs is 3. The first-order valence-electron chi connectivity index (χ1n) is 10.5. The highest BCUT2D eigenvalue weighted by Gasteiger charge is 2.49. The lowest BCUT2D eigenvalue weighted by atomic mass is 9.93. The Kier molecular flexibility index (Phi) is 4.98. The maximum absolute atomic E-state index is 13.8. The monoisotopic (exact) mass is 457 g/mol. The van der Waals surface area contributed by atoms with Crippen molar-refractivity contribution in [3.63, 3.8) is 0 Å². The summed E-state index contributed by atoms with van der Waals surface area (Å²) < 4.78 is 7.25. The van der Waals surface area contributed by atoms with Crippen LogP contribution in [0, 0.1) is 0 Å². The molecule has 1 atom stereocenters. The number of rotatable bonds is 4. The Balaban J connectivity index is 1.62. The minimum atomic E-state index is -1.10. The number of methoxy groups -OCH3 is 1. The molecule has 0 unspecified atom stereocenters. The fourth-order valence-corrected chi connectivity index (χ4v) is 5.96. The van der Waals surface area contributed by atoms with Crippen LogP contribution in [0.25, 0.3) is 10.2 Å². The summed E-state index contributed by atoms with van der Waals surface area (Å²) in [5.41, 5.74) is 0.0659. The van der Waals surface area contributed by atoms with Crippen LogP contribution in [-0.2, 0) is 11.3 Å². The fourth-order valence-electron chi connectivity index (χ4n) is 4.81. The molecule has 1 aromatic carbocycles. The first kappa shape index (κ1) is 20.4. The van der Waals surface area contributed by atoms with E-state index in [9.17, 15) is 9.59 Å². The Labute approximate surface area is 189 Å². The topological polar surface area (TPSA) is 63.6 Å². The van der Waals surface area contributed by atoms with Crippen LogP contribution < -0.4 is 15.0 Å². The van der Waals surface area contributed by atoms with E-state index in [4.69, 9.17) is 16.3 Å². The Morgan fingerprint density at radius 3 is 2.74 bits per heavy atom. The van der Waals surface area contributed by atoms with E-state index in [2.05, 4.69) is 5.32 Å². The lowest BCUT2D eigenvalue weighted by Crippen LogP contribution is -2.65. The van der Waals surface area contributed by atoms with Gasteiger partial charge in [0.1, 0.15) is 21.8 Å². The molecule has 162 valence electrons. The molecule has 1 saturated carbocycles. The Bertz CT molecular complexity index is 1180. The van der Waals surface area contributed by atoms with Crippen LogP contribution in [0.5, 0.6) is 5.75 Å². The summed E-state index contributed by atoms with van der Waals surface area (Å²) in [6.07, 6.45) is 4.20. The highest BCUT2D eigenvalue weighted by Crippen LogP contribution is 2.39. The SMILES string of the molecule is COc1ccc(N2C(=O)c3cc4ccsc4n3C[C@]2(C)C(=O)NC2CCCC2)cc1Cl. The number of halogens is 1. The molecule has 3 aromatic rings. The number of hydrogen-bond donors (Lipinski definition) is 1. The molecule has 2 aliphatic rings. The van der Waals surface area contributed by atoms with E-state index in [1.54, 1.807) is 41.5 Å². The van der Waals surface area contributed by atoms with Gasteiger partial charge in [0.15, 0.2) is 0 Å². The number of carbonyl (C=O) groups is 2. The number of carbonyl (C=O) groups excluding carboxylic acids is 2. The highest BCUT2D eigenvalue weighted by molar-refractivity contribution is 7.16. The normalized spacial score (nSPS) is 21.5. The summed E-state index contributed by atoms with van der Waals surface area (Å²) in [4.78, 5) is 30.0. The fraction of sp³-hybridized carbons (Fsp3) is 0.391. The molecule has 5 rings (SSSR count). The third-order valence-corrected chi connectivity index (χ3v) is 7.70. The average molecular weight is 458 g/mol. The molecule has 0 radical (unpaired) electrons. The molecule has 1 N–H and O–H groups in total. The summed E-state index contributed by atoms with van der Waals surface area (Å²) in [5.74, 6) is 0.180. The Morgan fingerprint density at radius 1 is 1.26 bits per heavy atom. The van der Waals surface area contributed by atoms with Gasteiger partial charge in [-0.25, -0.2) is 0 Å². The van der Waals surface area contributed by atoms with Gasteiger partial charge in [-0.15, -0.1) is 11.3 Å². The third-order valence-electron chi connectivity index (χ3n) is 6.46. The zero-order valence-electron chi connectivity index (χ0n) is 17.5. The quantitative estimate of drug-likeness (QED) is 0.609. The van der Waals surface area contributed by atoms with Crippen molar-refractivity contribution in [3.8, 4) is 5.75 Å². The Morgan fingerprint density at radius 2 is 2.03 bits per heavy atom. The van der Waals surface area contributed by atoms with Gasteiger partial charge < -0.3 is 14.6 Å². The van der Waals surface area contributed by atoms with Gasteiger partial charge in [-0.2, -0.15) is 0 Å². The molecule has 0 spiro atoms. The summed E-state index contributed by atoms with van der Waals surface area (Å²) in [6, 6.07) is 9.27. The zero-order chi connectivity index (χ0) is 21.8. The zero-order valence-corrected chi connectivity index (χ0v) is 19.1. The molecule has 8 heteroatoms. The van der Waals surface area contributed by atoms with Crippen molar-refractivity contribution in [2.45, 2.75) is 50.7 Å². The van der Waals surface area contributed by atoms with Crippen LogP contribution in [-0.4, -0.2) is 35.1 Å². The number of amides is 2. The maximum Gasteiger partial charge on any atom is 0.275 e. The first-order chi connectivity index (χ1) is 14.9. The van der Waals surface area contributed by atoms with Crippen LogP contribution in [0.1, 0.15) is 43.1 Å². The minimum absolute atomic E-state index is 0.135. The predicted octanol–water partition coefficient (Wildman–Crippen LogP) is 4.84. The van der Waals surface area contributed by atoms with Crippen LogP contribution in [0.2, 0.25) is 5.02 Å². The molecule has 1 aliphatic carbocycles. The number of aromatic nitrogens is 1. The molecular formula is C23H24ClN3O3S. The molecular weight excluding hydrogens is 434 g/mol. The molecule has 1 aliphatic heterocycles. The van der Waals surface area contributed by atoms with E-state index >= 15 is 0 Å². The standard InChI is InChI=1S/C23H24ClN3O3S/c1-23(22(29)25-15-5-3-4-6-15)13-26-18(11-14-9-10-31-21(14)26)20(28)27(23)16-7-8-19(30-2)17(24)12-16/h7-12,15H,3-6,13H2,1-2H3,(H,25,29)/t23-/m1/s1. The van der Waals surface area contributed by atoms with Gasteiger partial charge in [0, 0.05) is 17.1 Å². The minimum Gasteiger partial charge on any atom is -0.495 e. The van der Waals surface area contributed by atoms with Gasteiger partial charge in [-0.3, -0.25) is 14.5 Å². The number of ether oxygens (including phenoxy) is 1. The maximum atomic E-state index is 13.8. The number of hydrogen-bond acceptors (Lipinski definition) is 4. The lowest BCUT2D eigenvalue weighted by molar-refractivity contribution is -0.127. The van der Waals surface area contributed by atoms with E-state index < -0.39 is 5.54 Å². The van der Waals surface area contributed by atoms with Gasteiger partial charge in [0.25, 0.3) is 5.91 Å². The van der Waals surface area contributed by atoms with Crippen LogP contribution in [0.3, 0.4) is 0 Å². The van der Waals surface area contributed by atoms with E-state index in [0.29, 0.717) is 28.7 Å². The third kappa shape index (κ3) is 3.22. The van der Waals surface area contributed by atoms with Crippen molar-refractivity contribution in [1.82, 2.24) is 9.88 Å². The smallest absolute Gasteiger partial charge is 0.275 e. The van der Waals surface area contributed by atoms with Crippen LogP contribution in [0.15, 0.2) is 35.7 Å². The van der Waals surface area contributed by atoms with Crippen molar-refractivity contribution in [1.29, 1.82) is 0 Å². The van der Waals surface area contributed by atoms with Gasteiger partial charge in [0.2, 0.25) is 5.91 Å². The number of anilines is 1. The second-order valence-electron chi connectivity index (χ2n) is 8.48. The second-order valence-corrected chi connectivity index (χ2v) is 9.79. The molecule has 1 fully saturated rings. The van der Waals surface area contributed by atoms with Crippen LogP contribution >= 0.6 is 22.9 Å². The van der Waals surface area contributed by atoms with Gasteiger partial charge in [-0.05, 0) is 55.5 Å². The number of thiophene rings is 1. The molecule has 3 heterocycles. The number of nitrogens with one attached hydrogen (secondary N) is 1. The van der Waals surface area contributed by atoms with E-state index in [1.807, 2.05) is 29.0 Å². The van der Waals surface area contributed by atoms with Gasteiger partial charge >= 0.3 is 0 Å². The second kappa shape index (κ2) is 7.57. The summed E-state index contributed by atoms with van der Waals surface area (Å²) in [5, 5.41) is 6.63. The average Bonchev–Trinajstić information content (AvgIpc) is 3.47. The molecule has 6 nitrogen and oxygen atoms in total. The molecule has 0 bridgehead atoms. The van der Waals surface area contributed by atoms with Gasteiger partial charge in [0.05, 0.1) is 18.7 Å². The van der Waals surface area contributed by atoms with E-state index in [0.717, 1.165) is 35.9 Å². The van der Waals surface area contributed by atoms with Crippen LogP contribution in [0.4, 0.5) is 5.69 Å². The Hall–Kier alpha value is -2.51. The van der Waals surface area contributed by atoms with E-state index in [-0.39, 0.29) is 17.9 Å². The molecule has 2 amide bonds. The molecule has 0 saturated heterocycles. The van der Waals surface area contributed by atoms with Crippen molar-refractivity contribution in [3.05, 3.63) is 46.4 Å². The van der Waals surface area contributed by atoms with E-state index in [1.165, 1.54) is 0 Å². The number of benzene rings is 1. The predicted molar refractivity (Wildman–Crippen MR) is 123 cm³/mol. The van der Waals surface area contributed by atoms with Crippen molar-refractivity contribution in [2.24, 2.45) is 0 Å². The summed E-state index contributed by atoms with van der Waals surface area (Å²) in [7, 11) is 1.55. The first-order valence-corrected chi connectivity index (χ1v) is 11.7. The lowest BCUT2D eigenvalue weighted by Gasteiger charge is -2.44. The van der Waals surface area contributed by atoms with Crippen molar-refractivity contribution in [2.75, 3.05) is 12.0 Å². The number of nitrogens with zero attached hydrogens (tertiary/aromatic N) is 2. The highest BCUT2D eigenvalue weighted by atomic mass is 35.5. The summed E-state index contributed by atoms with van der Waals surface area (Å²) in [6.45, 7) is 2.22. The van der Waals surface area contributed by atoms with Crippen molar-refractivity contribution >= 4 is 50.7 Å². The molecule has 2 aromatic heterocycles. The molecule has 31 heavy (non-hydrogen) atoms. The van der Waals surface area contributed by atoms with Gasteiger partial charge in [-0.1, -0.05) is 24.4 Å². The summed E-state index contributed by atoms with van der Waals surface area (Å²) >= 11 is 7.97.